The molecule has 3 aromatic heterocycles. The number of likely N-dealkylation sites (N-methyl/N-ethyl adjacent to an activating group) is 1. The van der Waals surface area contributed by atoms with Gasteiger partial charge in [-0.15, -0.1) is 0 Å². The smallest absolute Gasteiger partial charge is 0.288 e. The molecular formula is C34H24N5O+. The SMILES string of the molecule is CC1=CN2c3ccc(-c4ccncc4)c4c3C3(c5c(ccc6c7ccccc7n(c56)-c5cccc[n+]53)O4)C2N1C. The molecule has 10 rings (SSSR count). The van der Waals surface area contributed by atoms with E-state index in [2.05, 4.69) is 129 Å². The summed E-state index contributed by atoms with van der Waals surface area (Å²) in [6.45, 7) is 2.21. The van der Waals surface area contributed by atoms with Crippen molar-refractivity contribution in [3.63, 3.8) is 0 Å². The number of pyridine rings is 2. The molecule has 0 aliphatic carbocycles. The van der Waals surface area contributed by atoms with Crippen LogP contribution >= 0.6 is 0 Å². The lowest BCUT2D eigenvalue weighted by molar-refractivity contribution is -0.743. The highest BCUT2D eigenvalue weighted by Crippen LogP contribution is 2.64. The maximum absolute atomic E-state index is 7.04. The van der Waals surface area contributed by atoms with Gasteiger partial charge >= 0.3 is 0 Å². The van der Waals surface area contributed by atoms with Crippen LogP contribution in [0.1, 0.15) is 18.1 Å². The van der Waals surface area contributed by atoms with Crippen molar-refractivity contribution in [2.45, 2.75) is 18.6 Å². The standard InChI is InChI=1S/C34H24N5O/c1-20-19-37-26-12-10-22(21-14-16-35-17-15-21)32-29(26)34(33(37)36(20)2)30-27(40-32)13-11-24-23-7-3-4-8-25(23)39(31(24)30)28-9-5-6-18-38(28)34/h3-19,33H,1-2H3/q+1. The van der Waals surface area contributed by atoms with Crippen molar-refractivity contribution < 1.29 is 9.30 Å². The van der Waals surface area contributed by atoms with Gasteiger partial charge in [-0.1, -0.05) is 18.2 Å². The van der Waals surface area contributed by atoms with Crippen molar-refractivity contribution in [3.05, 3.63) is 120 Å². The summed E-state index contributed by atoms with van der Waals surface area (Å²) < 4.78 is 12.0. The fourth-order valence-corrected chi connectivity index (χ4v) is 7.95. The summed E-state index contributed by atoms with van der Waals surface area (Å²) in [4.78, 5) is 9.18. The molecule has 0 N–H and O–H groups in total. The Kier molecular flexibility index (Phi) is 3.50. The second kappa shape index (κ2) is 6.72. The third-order valence-electron chi connectivity index (χ3n) is 9.51. The second-order valence-corrected chi connectivity index (χ2v) is 11.2. The van der Waals surface area contributed by atoms with E-state index in [1.54, 1.807) is 0 Å². The maximum atomic E-state index is 7.04. The zero-order valence-corrected chi connectivity index (χ0v) is 22.0. The van der Waals surface area contributed by atoms with Gasteiger partial charge in [0.25, 0.3) is 5.82 Å². The lowest BCUT2D eigenvalue weighted by atomic mass is 9.75. The molecule has 0 amide bonds. The lowest BCUT2D eigenvalue weighted by Gasteiger charge is -2.43. The molecule has 4 aliphatic heterocycles. The Balaban J connectivity index is 1.46. The number of anilines is 1. The highest BCUT2D eigenvalue weighted by Gasteiger charge is 2.68. The van der Waals surface area contributed by atoms with Crippen LogP contribution in [0.5, 0.6) is 11.5 Å². The van der Waals surface area contributed by atoms with Crippen LogP contribution < -0.4 is 14.2 Å². The molecule has 0 fully saturated rings. The van der Waals surface area contributed by atoms with Gasteiger partial charge in [-0.05, 0) is 67.1 Å². The molecule has 0 saturated heterocycles. The molecule has 2 atom stereocenters. The van der Waals surface area contributed by atoms with E-state index in [9.17, 15) is 0 Å². The van der Waals surface area contributed by atoms with Gasteiger partial charge in [0, 0.05) is 53.7 Å². The summed E-state index contributed by atoms with van der Waals surface area (Å²) in [6.07, 6.45) is 8.28. The van der Waals surface area contributed by atoms with Gasteiger partial charge in [0.15, 0.2) is 11.7 Å². The van der Waals surface area contributed by atoms with Crippen LogP contribution in [0.25, 0.3) is 38.8 Å². The first kappa shape index (κ1) is 20.8. The van der Waals surface area contributed by atoms with Gasteiger partial charge in [-0.3, -0.25) is 4.98 Å². The number of benzene rings is 3. The monoisotopic (exact) mass is 518 g/mol. The zero-order valence-electron chi connectivity index (χ0n) is 22.0. The Bertz CT molecular complexity index is 2150. The minimum Gasteiger partial charge on any atom is -0.455 e. The molecule has 6 aromatic rings. The topological polar surface area (TPSA) is 37.4 Å². The van der Waals surface area contributed by atoms with Crippen molar-refractivity contribution in [2.75, 3.05) is 11.9 Å². The molecule has 4 aliphatic rings. The van der Waals surface area contributed by atoms with E-state index < -0.39 is 5.54 Å². The van der Waals surface area contributed by atoms with Crippen molar-refractivity contribution in [2.24, 2.45) is 0 Å². The van der Waals surface area contributed by atoms with Crippen LogP contribution in [-0.2, 0) is 5.54 Å². The summed E-state index contributed by atoms with van der Waals surface area (Å²) in [5, 5.41) is 2.51. The molecule has 6 heteroatoms. The van der Waals surface area contributed by atoms with Crippen LogP contribution in [-0.4, -0.2) is 27.7 Å². The van der Waals surface area contributed by atoms with E-state index in [0.29, 0.717) is 0 Å². The minimum atomic E-state index is -0.537. The van der Waals surface area contributed by atoms with E-state index in [4.69, 9.17) is 4.74 Å². The lowest BCUT2D eigenvalue weighted by Crippen LogP contribution is -2.70. The van der Waals surface area contributed by atoms with Crippen molar-refractivity contribution in [1.29, 1.82) is 0 Å². The first-order valence-corrected chi connectivity index (χ1v) is 13.7. The van der Waals surface area contributed by atoms with E-state index in [1.807, 2.05) is 12.4 Å². The van der Waals surface area contributed by atoms with Gasteiger partial charge in [-0.25, -0.2) is 4.57 Å². The van der Waals surface area contributed by atoms with E-state index in [1.165, 1.54) is 44.3 Å². The van der Waals surface area contributed by atoms with Gasteiger partial charge in [-0.2, -0.15) is 4.57 Å². The summed E-state index contributed by atoms with van der Waals surface area (Å²) in [5.74, 6) is 3.00. The highest BCUT2D eigenvalue weighted by atomic mass is 16.5. The van der Waals surface area contributed by atoms with E-state index >= 15 is 0 Å². The molecule has 7 heterocycles. The van der Waals surface area contributed by atoms with Gasteiger partial charge < -0.3 is 14.5 Å². The van der Waals surface area contributed by atoms with Crippen molar-refractivity contribution >= 4 is 27.5 Å². The molecule has 6 nitrogen and oxygen atoms in total. The second-order valence-electron chi connectivity index (χ2n) is 11.2. The van der Waals surface area contributed by atoms with Crippen LogP contribution in [0, 0.1) is 0 Å². The normalized spacial score (nSPS) is 20.9. The number of nitrogens with zero attached hydrogens (tertiary/aromatic N) is 5. The Morgan fingerprint density at radius 1 is 0.875 bits per heavy atom. The van der Waals surface area contributed by atoms with Crippen LogP contribution in [0.15, 0.2) is 109 Å². The number of fused-ring (bicyclic) bond motifs is 7. The first-order valence-electron chi connectivity index (χ1n) is 13.7. The fourth-order valence-electron chi connectivity index (χ4n) is 7.95. The minimum absolute atomic E-state index is 0.0140. The first-order chi connectivity index (χ1) is 19.7. The van der Waals surface area contributed by atoms with Crippen molar-refractivity contribution in [1.82, 2.24) is 14.5 Å². The third kappa shape index (κ3) is 2.08. The molecule has 190 valence electrons. The molecule has 40 heavy (non-hydrogen) atoms. The maximum Gasteiger partial charge on any atom is 0.288 e. The molecular weight excluding hydrogens is 494 g/mol. The predicted octanol–water partition coefficient (Wildman–Crippen LogP) is 6.30. The fraction of sp³-hybridized carbons (Fsp3) is 0.118. The number of hydrogen-bond acceptors (Lipinski definition) is 4. The molecule has 0 radical (unpaired) electrons. The highest BCUT2D eigenvalue weighted by molar-refractivity contribution is 6.12. The van der Waals surface area contributed by atoms with Gasteiger partial charge in [0.05, 0.1) is 23.0 Å². The van der Waals surface area contributed by atoms with Crippen LogP contribution in [0.4, 0.5) is 5.69 Å². The molecule has 1 spiro atoms. The molecule has 3 aromatic carbocycles. The predicted molar refractivity (Wildman–Crippen MR) is 155 cm³/mol. The Morgan fingerprint density at radius 2 is 1.73 bits per heavy atom. The van der Waals surface area contributed by atoms with Crippen LogP contribution in [0.2, 0.25) is 0 Å². The summed E-state index contributed by atoms with van der Waals surface area (Å²) >= 11 is 0. The third-order valence-corrected chi connectivity index (χ3v) is 9.51. The number of aromatic nitrogens is 3. The van der Waals surface area contributed by atoms with E-state index in [0.717, 1.165) is 28.4 Å². The number of rotatable bonds is 1. The van der Waals surface area contributed by atoms with Crippen LogP contribution in [0.3, 0.4) is 0 Å². The Hall–Kier alpha value is -5.10. The Morgan fingerprint density at radius 3 is 2.62 bits per heavy atom. The zero-order chi connectivity index (χ0) is 26.3. The quantitative estimate of drug-likeness (QED) is 0.240. The number of ether oxygens (including phenoxy) is 1. The van der Waals surface area contributed by atoms with E-state index in [-0.39, 0.29) is 6.17 Å². The number of para-hydroxylation sites is 1. The largest absolute Gasteiger partial charge is 0.455 e. The number of hydrogen-bond donors (Lipinski definition) is 0. The number of allylic oxidation sites excluding steroid dienone is 1. The Labute approximate surface area is 230 Å². The molecule has 0 bridgehead atoms. The summed E-state index contributed by atoms with van der Waals surface area (Å²) in [7, 11) is 2.23. The summed E-state index contributed by atoms with van der Waals surface area (Å²) in [6, 6.07) is 28.4. The van der Waals surface area contributed by atoms with Gasteiger partial charge in [0.2, 0.25) is 5.54 Å². The van der Waals surface area contributed by atoms with Crippen molar-refractivity contribution in [3.8, 4) is 28.4 Å². The summed E-state index contributed by atoms with van der Waals surface area (Å²) in [5.41, 5.74) is 8.97. The van der Waals surface area contributed by atoms with Gasteiger partial charge in [0.1, 0.15) is 17.0 Å². The average molecular weight is 519 g/mol. The molecule has 0 saturated carbocycles. The molecule has 2 unspecified atom stereocenters. The average Bonchev–Trinajstić information content (AvgIpc) is 3.60.